The molecule has 1 aliphatic rings. The smallest absolute Gasteiger partial charge is 0.363 e. The largest absolute Gasteiger partial charge is 0.492 e. The van der Waals surface area contributed by atoms with E-state index in [-0.39, 0.29) is 12.0 Å². The van der Waals surface area contributed by atoms with E-state index in [1.54, 1.807) is 18.2 Å². The first-order chi connectivity index (χ1) is 8.38. The average molecular weight is 280 g/mol. The van der Waals surface area contributed by atoms with Gasteiger partial charge in [0.15, 0.2) is 0 Å². The Morgan fingerprint density at radius 1 is 1.44 bits per heavy atom. The van der Waals surface area contributed by atoms with Crippen molar-refractivity contribution in [3.05, 3.63) is 34.9 Å². The average Bonchev–Trinajstić information content (AvgIpc) is 3.04. The number of hydroxylamine groups is 1. The van der Waals surface area contributed by atoms with Crippen molar-refractivity contribution in [1.29, 1.82) is 0 Å². The Bertz CT molecular complexity index is 464. The van der Waals surface area contributed by atoms with Crippen LogP contribution in [0.5, 0.6) is 0 Å². The van der Waals surface area contributed by atoms with Crippen molar-refractivity contribution in [2.45, 2.75) is 24.6 Å². The van der Waals surface area contributed by atoms with Gasteiger partial charge < -0.3 is 4.84 Å². The van der Waals surface area contributed by atoms with Crippen LogP contribution < -0.4 is 5.48 Å². The molecule has 2 unspecified atom stereocenters. The molecule has 1 fully saturated rings. The fraction of sp³-hybridized carbons (Fsp3) is 0.364. The van der Waals surface area contributed by atoms with Crippen LogP contribution in [-0.2, 0) is 9.63 Å². The predicted molar refractivity (Wildman–Crippen MR) is 57.9 cm³/mol. The molecule has 2 atom stereocenters. The summed E-state index contributed by atoms with van der Waals surface area (Å²) in [6, 6.07) is 6.73. The first-order valence-corrected chi connectivity index (χ1v) is 5.54. The van der Waals surface area contributed by atoms with E-state index in [0.29, 0.717) is 11.4 Å². The van der Waals surface area contributed by atoms with Crippen LogP contribution in [-0.4, -0.2) is 18.2 Å². The number of carbonyl (C=O) groups is 1. The van der Waals surface area contributed by atoms with E-state index in [1.165, 1.54) is 0 Å². The normalized spacial score (nSPS) is 22.7. The molecule has 2 rings (SSSR count). The lowest BCUT2D eigenvalue weighted by Crippen LogP contribution is -2.32. The lowest BCUT2D eigenvalue weighted by atomic mass is 10.1. The van der Waals surface area contributed by atoms with E-state index in [4.69, 9.17) is 11.6 Å². The highest BCUT2D eigenvalue weighted by Gasteiger charge is 2.44. The standard InChI is InChI=1S/C11H9ClF3NO2/c12-7-3-1-2-6(4-7)8-5-9(8)16-18-10(17)11(13,14)15/h1-4,8-9,16H,5H2. The Morgan fingerprint density at radius 3 is 2.78 bits per heavy atom. The van der Waals surface area contributed by atoms with Gasteiger partial charge in [0.1, 0.15) is 0 Å². The molecule has 0 radical (unpaired) electrons. The van der Waals surface area contributed by atoms with Crippen LogP contribution in [0.25, 0.3) is 0 Å². The van der Waals surface area contributed by atoms with Gasteiger partial charge in [-0.3, -0.25) is 0 Å². The second-order valence-corrected chi connectivity index (χ2v) is 4.45. The molecule has 0 saturated heterocycles. The molecule has 1 saturated carbocycles. The minimum atomic E-state index is -4.98. The van der Waals surface area contributed by atoms with E-state index in [1.807, 2.05) is 6.07 Å². The summed E-state index contributed by atoms with van der Waals surface area (Å²) in [5.41, 5.74) is 3.02. The van der Waals surface area contributed by atoms with Crippen LogP contribution in [0.3, 0.4) is 0 Å². The number of alkyl halides is 3. The van der Waals surface area contributed by atoms with Crippen LogP contribution in [0.1, 0.15) is 17.9 Å². The summed E-state index contributed by atoms with van der Waals surface area (Å²) in [4.78, 5) is 14.4. The summed E-state index contributed by atoms with van der Waals surface area (Å²) >= 11 is 5.80. The third-order valence-electron chi connectivity index (χ3n) is 2.60. The van der Waals surface area contributed by atoms with Gasteiger partial charge in [0.05, 0.1) is 6.04 Å². The van der Waals surface area contributed by atoms with Crippen LogP contribution in [0.15, 0.2) is 24.3 Å². The molecule has 18 heavy (non-hydrogen) atoms. The van der Waals surface area contributed by atoms with Crippen molar-refractivity contribution in [1.82, 2.24) is 5.48 Å². The minimum Gasteiger partial charge on any atom is -0.363 e. The highest BCUT2D eigenvalue weighted by Crippen LogP contribution is 2.41. The van der Waals surface area contributed by atoms with E-state index in [2.05, 4.69) is 10.3 Å². The molecular weight excluding hydrogens is 271 g/mol. The molecule has 1 aliphatic carbocycles. The fourth-order valence-corrected chi connectivity index (χ4v) is 1.82. The quantitative estimate of drug-likeness (QED) is 0.865. The maximum atomic E-state index is 11.9. The minimum absolute atomic E-state index is 0.0183. The van der Waals surface area contributed by atoms with Gasteiger partial charge in [-0.05, 0) is 24.1 Å². The van der Waals surface area contributed by atoms with Crippen molar-refractivity contribution >= 4 is 17.6 Å². The first-order valence-electron chi connectivity index (χ1n) is 5.17. The number of nitrogens with one attached hydrogen (secondary N) is 1. The zero-order valence-corrected chi connectivity index (χ0v) is 9.76. The van der Waals surface area contributed by atoms with Gasteiger partial charge in [0.25, 0.3) is 0 Å². The van der Waals surface area contributed by atoms with Crippen molar-refractivity contribution in [3.8, 4) is 0 Å². The molecule has 0 aromatic heterocycles. The van der Waals surface area contributed by atoms with Gasteiger partial charge in [0, 0.05) is 10.9 Å². The third-order valence-corrected chi connectivity index (χ3v) is 2.84. The number of rotatable bonds is 3. The molecule has 1 aromatic carbocycles. The molecule has 98 valence electrons. The van der Waals surface area contributed by atoms with Crippen LogP contribution in [0, 0.1) is 0 Å². The molecular formula is C11H9ClF3NO2. The van der Waals surface area contributed by atoms with E-state index >= 15 is 0 Å². The number of hydrogen-bond donors (Lipinski definition) is 1. The van der Waals surface area contributed by atoms with E-state index in [0.717, 1.165) is 5.56 Å². The molecule has 7 heteroatoms. The van der Waals surface area contributed by atoms with Crippen molar-refractivity contribution in [3.63, 3.8) is 0 Å². The zero-order valence-electron chi connectivity index (χ0n) is 9.00. The number of benzene rings is 1. The Balaban J connectivity index is 1.84. The van der Waals surface area contributed by atoms with Gasteiger partial charge in [-0.25, -0.2) is 4.79 Å². The summed E-state index contributed by atoms with van der Waals surface area (Å²) < 4.78 is 35.6. The molecule has 0 bridgehead atoms. The summed E-state index contributed by atoms with van der Waals surface area (Å²) in [6.07, 6.45) is -4.38. The predicted octanol–water partition coefficient (Wildman–Crippen LogP) is 2.81. The Hall–Kier alpha value is -1.27. The fourth-order valence-electron chi connectivity index (χ4n) is 1.62. The van der Waals surface area contributed by atoms with Gasteiger partial charge in [-0.1, -0.05) is 23.7 Å². The zero-order chi connectivity index (χ0) is 13.3. The highest BCUT2D eigenvalue weighted by molar-refractivity contribution is 6.30. The molecule has 0 heterocycles. The number of hydrogen-bond acceptors (Lipinski definition) is 3. The molecule has 0 aliphatic heterocycles. The second-order valence-electron chi connectivity index (χ2n) is 4.01. The SMILES string of the molecule is O=C(ONC1CC1c1cccc(Cl)c1)C(F)(F)F. The molecule has 1 aromatic rings. The maximum absolute atomic E-state index is 11.9. The maximum Gasteiger partial charge on any atom is 0.492 e. The summed E-state index contributed by atoms with van der Waals surface area (Å²) in [5.74, 6) is -2.22. The molecule has 3 nitrogen and oxygen atoms in total. The molecule has 0 amide bonds. The van der Waals surface area contributed by atoms with Gasteiger partial charge in [-0.2, -0.15) is 13.2 Å². The van der Waals surface area contributed by atoms with E-state index < -0.39 is 12.1 Å². The molecule has 0 spiro atoms. The number of carbonyl (C=O) groups excluding carboxylic acids is 1. The monoisotopic (exact) mass is 279 g/mol. The van der Waals surface area contributed by atoms with Crippen molar-refractivity contribution in [2.75, 3.05) is 0 Å². The summed E-state index contributed by atoms with van der Waals surface area (Å²) in [6.45, 7) is 0. The van der Waals surface area contributed by atoms with Gasteiger partial charge >= 0.3 is 12.1 Å². The van der Waals surface area contributed by atoms with Gasteiger partial charge in [0.2, 0.25) is 0 Å². The van der Waals surface area contributed by atoms with Crippen molar-refractivity contribution < 1.29 is 22.8 Å². The second kappa shape index (κ2) is 4.78. The Labute approximate surface area is 106 Å². The Morgan fingerprint density at radius 2 is 2.17 bits per heavy atom. The van der Waals surface area contributed by atoms with Crippen molar-refractivity contribution in [2.24, 2.45) is 0 Å². The summed E-state index contributed by atoms with van der Waals surface area (Å²) in [7, 11) is 0. The van der Waals surface area contributed by atoms with Crippen LogP contribution >= 0.6 is 11.6 Å². The van der Waals surface area contributed by atoms with Gasteiger partial charge in [-0.15, -0.1) is 5.48 Å². The lowest BCUT2D eigenvalue weighted by molar-refractivity contribution is -0.207. The van der Waals surface area contributed by atoms with Crippen LogP contribution in [0.4, 0.5) is 13.2 Å². The highest BCUT2D eigenvalue weighted by atomic mass is 35.5. The summed E-state index contributed by atoms with van der Waals surface area (Å²) in [5, 5.41) is 0.561. The number of halogens is 4. The Kier molecular flexibility index (Phi) is 3.49. The van der Waals surface area contributed by atoms with Crippen LogP contribution in [0.2, 0.25) is 5.02 Å². The first kappa shape index (κ1) is 13.2. The lowest BCUT2D eigenvalue weighted by Gasteiger charge is -2.07. The van der Waals surface area contributed by atoms with E-state index in [9.17, 15) is 18.0 Å². The topological polar surface area (TPSA) is 38.3 Å². The third kappa shape index (κ3) is 3.14. The molecule has 1 N–H and O–H groups in total.